The van der Waals surface area contributed by atoms with Crippen LogP contribution in [0.25, 0.3) is 0 Å². The molecule has 21 heavy (non-hydrogen) atoms. The molecule has 110 valence electrons. The van der Waals surface area contributed by atoms with Crippen LogP contribution in [0.5, 0.6) is 0 Å². The second-order valence-electron chi connectivity index (χ2n) is 5.73. The average Bonchev–Trinajstić information content (AvgIpc) is 2.96. The molecule has 1 nitrogen and oxygen atoms in total. The van der Waals surface area contributed by atoms with Crippen molar-refractivity contribution in [2.45, 2.75) is 36.1 Å². The first-order chi connectivity index (χ1) is 10.4. The molecule has 2 unspecified atom stereocenters. The van der Waals surface area contributed by atoms with E-state index >= 15 is 0 Å². The zero-order chi connectivity index (χ0) is 14.5. The van der Waals surface area contributed by atoms with E-state index < -0.39 is 0 Å². The number of hydrogen-bond donors (Lipinski definition) is 1. The fraction of sp³-hybridized carbons (Fsp3) is 0.368. The minimum atomic E-state index is 0.482. The van der Waals surface area contributed by atoms with Crippen molar-refractivity contribution < 1.29 is 0 Å². The van der Waals surface area contributed by atoms with Crippen molar-refractivity contribution in [3.8, 4) is 0 Å². The van der Waals surface area contributed by atoms with Gasteiger partial charge in [0, 0.05) is 16.7 Å². The summed E-state index contributed by atoms with van der Waals surface area (Å²) < 4.78 is 0. The van der Waals surface area contributed by atoms with Crippen molar-refractivity contribution in [3.63, 3.8) is 0 Å². The molecule has 0 amide bonds. The fourth-order valence-corrected chi connectivity index (χ4v) is 4.50. The lowest BCUT2D eigenvalue weighted by atomic mass is 9.93. The van der Waals surface area contributed by atoms with E-state index in [-0.39, 0.29) is 0 Å². The zero-order valence-electron chi connectivity index (χ0n) is 12.6. The van der Waals surface area contributed by atoms with E-state index in [4.69, 9.17) is 0 Å². The van der Waals surface area contributed by atoms with Crippen molar-refractivity contribution in [3.05, 3.63) is 65.7 Å². The molecule has 1 heterocycles. The van der Waals surface area contributed by atoms with Gasteiger partial charge < -0.3 is 5.32 Å². The van der Waals surface area contributed by atoms with Gasteiger partial charge in [0.05, 0.1) is 0 Å². The number of nitrogens with one attached hydrogen (secondary N) is 1. The van der Waals surface area contributed by atoms with E-state index in [2.05, 4.69) is 67.0 Å². The van der Waals surface area contributed by atoms with Gasteiger partial charge in [-0.15, -0.1) is 11.8 Å². The maximum atomic E-state index is 3.46. The van der Waals surface area contributed by atoms with Crippen LogP contribution in [0.4, 0.5) is 0 Å². The van der Waals surface area contributed by atoms with Gasteiger partial charge >= 0.3 is 0 Å². The molecule has 2 atom stereocenters. The van der Waals surface area contributed by atoms with E-state index in [1.807, 2.05) is 11.8 Å². The Morgan fingerprint density at radius 2 is 1.86 bits per heavy atom. The molecule has 1 aliphatic rings. The predicted molar refractivity (Wildman–Crippen MR) is 92.0 cm³/mol. The molecule has 3 rings (SSSR count). The topological polar surface area (TPSA) is 12.0 Å². The summed E-state index contributed by atoms with van der Waals surface area (Å²) in [5, 5.41) is 3.46. The van der Waals surface area contributed by atoms with Crippen molar-refractivity contribution in [1.82, 2.24) is 5.32 Å². The van der Waals surface area contributed by atoms with Gasteiger partial charge in [-0.25, -0.2) is 0 Å². The predicted octanol–water partition coefficient (Wildman–Crippen LogP) is 5.01. The van der Waals surface area contributed by atoms with Gasteiger partial charge in [-0.2, -0.15) is 0 Å². The van der Waals surface area contributed by atoms with Gasteiger partial charge in [0.1, 0.15) is 0 Å². The van der Waals surface area contributed by atoms with Crippen molar-refractivity contribution >= 4 is 11.8 Å². The standard InChI is InChI=1S/C19H23NS/c1-20-18(15-8-3-2-4-9-15)12-7-10-16-14-21-19-13-6-5-11-17(16)19/h2-6,8-9,11,13,16,18,20H,7,10,12,14H2,1H3. The first-order valence-corrected chi connectivity index (χ1v) is 8.81. The lowest BCUT2D eigenvalue weighted by Crippen LogP contribution is -2.16. The fourth-order valence-electron chi connectivity index (χ4n) is 3.20. The van der Waals surface area contributed by atoms with Crippen LogP contribution in [0.1, 0.15) is 42.3 Å². The molecule has 1 N–H and O–H groups in total. The molecule has 0 fully saturated rings. The summed E-state index contributed by atoms with van der Waals surface area (Å²) in [6, 6.07) is 20.2. The highest BCUT2D eigenvalue weighted by atomic mass is 32.2. The zero-order valence-corrected chi connectivity index (χ0v) is 13.4. The van der Waals surface area contributed by atoms with Crippen LogP contribution in [-0.4, -0.2) is 12.8 Å². The third kappa shape index (κ3) is 3.50. The number of hydrogen-bond acceptors (Lipinski definition) is 2. The first kappa shape index (κ1) is 14.7. The third-order valence-corrected chi connectivity index (χ3v) is 5.65. The van der Waals surface area contributed by atoms with Crippen molar-refractivity contribution in [2.75, 3.05) is 12.8 Å². The molecule has 1 aliphatic heterocycles. The Hall–Kier alpha value is -1.25. The van der Waals surface area contributed by atoms with E-state index in [1.165, 1.54) is 35.5 Å². The molecular weight excluding hydrogens is 274 g/mol. The summed E-state index contributed by atoms with van der Waals surface area (Å²) in [6.45, 7) is 0. The molecule has 2 aromatic carbocycles. The van der Waals surface area contributed by atoms with Crippen LogP contribution in [0.15, 0.2) is 59.5 Å². The second-order valence-corrected chi connectivity index (χ2v) is 6.79. The second kappa shape index (κ2) is 7.15. The Bertz CT molecular complexity index is 565. The Kier molecular flexibility index (Phi) is 5.00. The summed E-state index contributed by atoms with van der Waals surface area (Å²) in [5.41, 5.74) is 2.98. The van der Waals surface area contributed by atoms with Gasteiger partial charge in [-0.1, -0.05) is 55.0 Å². The van der Waals surface area contributed by atoms with Gasteiger partial charge in [-0.3, -0.25) is 0 Å². The van der Waals surface area contributed by atoms with Crippen LogP contribution in [0.3, 0.4) is 0 Å². The van der Waals surface area contributed by atoms with Crippen molar-refractivity contribution in [2.24, 2.45) is 0 Å². The highest BCUT2D eigenvalue weighted by Crippen LogP contribution is 2.41. The summed E-state index contributed by atoms with van der Waals surface area (Å²) >= 11 is 2.02. The average molecular weight is 297 g/mol. The largest absolute Gasteiger partial charge is 0.313 e. The van der Waals surface area contributed by atoms with Crippen LogP contribution in [-0.2, 0) is 0 Å². The number of fused-ring (bicyclic) bond motifs is 1. The normalized spacial score (nSPS) is 18.4. The Morgan fingerprint density at radius 1 is 1.10 bits per heavy atom. The molecule has 0 saturated carbocycles. The smallest absolute Gasteiger partial charge is 0.0317 e. The van der Waals surface area contributed by atoms with Gasteiger partial charge in [0.15, 0.2) is 0 Å². The Morgan fingerprint density at radius 3 is 2.67 bits per heavy atom. The van der Waals surface area contributed by atoms with E-state index in [0.717, 1.165) is 5.92 Å². The summed E-state index contributed by atoms with van der Waals surface area (Å²) in [4.78, 5) is 1.50. The SMILES string of the molecule is CNC(CCCC1CSc2ccccc21)c1ccccc1. The summed E-state index contributed by atoms with van der Waals surface area (Å²) in [6.07, 6.45) is 3.79. The van der Waals surface area contributed by atoms with Crippen LogP contribution < -0.4 is 5.32 Å². The Balaban J connectivity index is 1.54. The molecule has 2 heteroatoms. The van der Waals surface area contributed by atoms with Gasteiger partial charge in [0.2, 0.25) is 0 Å². The number of rotatable bonds is 6. The minimum Gasteiger partial charge on any atom is -0.313 e. The number of benzene rings is 2. The molecule has 0 spiro atoms. The maximum Gasteiger partial charge on any atom is 0.0317 e. The minimum absolute atomic E-state index is 0.482. The highest BCUT2D eigenvalue weighted by molar-refractivity contribution is 7.99. The Labute approximate surface area is 132 Å². The lowest BCUT2D eigenvalue weighted by Gasteiger charge is -2.18. The lowest BCUT2D eigenvalue weighted by molar-refractivity contribution is 0.498. The molecule has 0 bridgehead atoms. The molecule has 0 aliphatic carbocycles. The molecule has 2 aromatic rings. The van der Waals surface area contributed by atoms with Crippen LogP contribution in [0, 0.1) is 0 Å². The highest BCUT2D eigenvalue weighted by Gasteiger charge is 2.22. The molecular formula is C19H23NS. The van der Waals surface area contributed by atoms with E-state index in [0.29, 0.717) is 6.04 Å². The molecule has 0 aromatic heterocycles. The number of thioether (sulfide) groups is 1. The van der Waals surface area contributed by atoms with Gasteiger partial charge in [-0.05, 0) is 43.0 Å². The van der Waals surface area contributed by atoms with E-state index in [9.17, 15) is 0 Å². The quantitative estimate of drug-likeness (QED) is 0.804. The van der Waals surface area contributed by atoms with Crippen LogP contribution >= 0.6 is 11.8 Å². The van der Waals surface area contributed by atoms with Gasteiger partial charge in [0.25, 0.3) is 0 Å². The molecule has 0 radical (unpaired) electrons. The maximum absolute atomic E-state index is 3.46. The first-order valence-electron chi connectivity index (χ1n) is 7.82. The van der Waals surface area contributed by atoms with Crippen LogP contribution in [0.2, 0.25) is 0 Å². The monoisotopic (exact) mass is 297 g/mol. The summed E-state index contributed by atoms with van der Waals surface area (Å²) in [5.74, 6) is 2.01. The third-order valence-electron chi connectivity index (χ3n) is 4.39. The molecule has 0 saturated heterocycles. The van der Waals surface area contributed by atoms with E-state index in [1.54, 1.807) is 5.56 Å². The summed E-state index contributed by atoms with van der Waals surface area (Å²) in [7, 11) is 2.07. The van der Waals surface area contributed by atoms with Crippen molar-refractivity contribution in [1.29, 1.82) is 0 Å².